The maximum atomic E-state index is 12.5. The molecule has 2 aromatic rings. The van der Waals surface area contributed by atoms with Crippen LogP contribution in [0.15, 0.2) is 30.9 Å². The van der Waals surface area contributed by atoms with Gasteiger partial charge in [0.15, 0.2) is 0 Å². The van der Waals surface area contributed by atoms with Crippen molar-refractivity contribution < 1.29 is 8.78 Å². The van der Waals surface area contributed by atoms with Crippen LogP contribution in [0.2, 0.25) is 0 Å². The van der Waals surface area contributed by atoms with Crippen LogP contribution in [0.25, 0.3) is 0 Å². The summed E-state index contributed by atoms with van der Waals surface area (Å²) in [6.07, 6.45) is 2.76. The maximum absolute atomic E-state index is 12.5. The fourth-order valence-electron chi connectivity index (χ4n) is 2.41. The molecule has 0 saturated heterocycles. The van der Waals surface area contributed by atoms with Crippen molar-refractivity contribution in [2.45, 2.75) is 25.3 Å². The Morgan fingerprint density at radius 3 is 2.90 bits per heavy atom. The molecular weight excluding hydrogens is 264 g/mol. The highest BCUT2D eigenvalue weighted by Crippen LogP contribution is 2.36. The predicted molar refractivity (Wildman–Crippen MR) is 69.5 cm³/mol. The molecule has 3 rings (SSSR count). The van der Waals surface area contributed by atoms with Crippen LogP contribution in [0.1, 0.15) is 31.0 Å². The van der Waals surface area contributed by atoms with E-state index < -0.39 is 6.43 Å². The summed E-state index contributed by atoms with van der Waals surface area (Å²) in [5.41, 5.74) is -0.191. The monoisotopic (exact) mass is 279 g/mol. The number of alkyl halides is 2. The fourth-order valence-corrected chi connectivity index (χ4v) is 2.41. The zero-order valence-corrected chi connectivity index (χ0v) is 10.8. The number of nitrogens with one attached hydrogen (secondary N) is 1. The second-order valence-electron chi connectivity index (χ2n) is 5.00. The van der Waals surface area contributed by atoms with Crippen molar-refractivity contribution in [3.8, 4) is 0 Å². The molecule has 0 aliphatic heterocycles. The lowest BCUT2D eigenvalue weighted by molar-refractivity contribution is 0.146. The number of hydrogen-bond acceptors (Lipinski definition) is 4. The molecule has 1 N–H and O–H groups in total. The van der Waals surface area contributed by atoms with Crippen molar-refractivity contribution in [3.05, 3.63) is 36.5 Å². The molecule has 20 heavy (non-hydrogen) atoms. The van der Waals surface area contributed by atoms with E-state index in [1.54, 1.807) is 18.5 Å². The molecule has 2 heterocycles. The molecule has 5 nitrogen and oxygen atoms in total. The summed E-state index contributed by atoms with van der Waals surface area (Å²) < 4.78 is 26.9. The Balaban J connectivity index is 1.48. The Morgan fingerprint density at radius 1 is 1.35 bits per heavy atom. The third-order valence-corrected chi connectivity index (χ3v) is 3.59. The van der Waals surface area contributed by atoms with Gasteiger partial charge >= 0.3 is 0 Å². The number of aromatic nitrogens is 4. The normalized spacial score (nSPS) is 21.8. The predicted octanol–water partition coefficient (Wildman–Crippen LogP) is 2.67. The molecule has 0 atom stereocenters. The molecule has 1 fully saturated rings. The van der Waals surface area contributed by atoms with Gasteiger partial charge in [-0.3, -0.25) is 0 Å². The summed E-state index contributed by atoms with van der Waals surface area (Å²) >= 11 is 0. The summed E-state index contributed by atoms with van der Waals surface area (Å²) in [4.78, 5) is 7.81. The van der Waals surface area contributed by atoms with E-state index in [2.05, 4.69) is 20.4 Å². The number of hydrogen-bond donors (Lipinski definition) is 1. The van der Waals surface area contributed by atoms with Crippen molar-refractivity contribution in [1.29, 1.82) is 0 Å². The first kappa shape index (κ1) is 13.0. The fraction of sp³-hybridized carbons (Fsp3) is 0.462. The highest BCUT2D eigenvalue weighted by Gasteiger charge is 2.30. The average molecular weight is 279 g/mol. The van der Waals surface area contributed by atoms with Gasteiger partial charge in [-0.1, -0.05) is 6.07 Å². The van der Waals surface area contributed by atoms with E-state index >= 15 is 0 Å². The van der Waals surface area contributed by atoms with Crippen LogP contribution in [0.3, 0.4) is 0 Å². The minimum Gasteiger partial charge on any atom is -0.370 e. The van der Waals surface area contributed by atoms with Gasteiger partial charge in [-0.15, -0.1) is 0 Å². The quantitative estimate of drug-likeness (QED) is 0.914. The second-order valence-corrected chi connectivity index (χ2v) is 5.00. The van der Waals surface area contributed by atoms with Gasteiger partial charge in [0.05, 0.1) is 6.04 Å². The molecule has 2 aromatic heterocycles. The van der Waals surface area contributed by atoms with Gasteiger partial charge in [0, 0.05) is 6.54 Å². The molecule has 0 bridgehead atoms. The van der Waals surface area contributed by atoms with Crippen molar-refractivity contribution in [2.75, 3.05) is 11.9 Å². The first-order valence-corrected chi connectivity index (χ1v) is 6.55. The van der Waals surface area contributed by atoms with E-state index in [1.165, 1.54) is 12.4 Å². The largest absolute Gasteiger partial charge is 0.370 e. The van der Waals surface area contributed by atoms with Gasteiger partial charge in [-0.05, 0) is 30.9 Å². The molecule has 0 unspecified atom stereocenters. The summed E-state index contributed by atoms with van der Waals surface area (Å²) in [6.45, 7) is 0.741. The van der Waals surface area contributed by atoms with E-state index in [-0.39, 0.29) is 5.69 Å². The molecule has 1 saturated carbocycles. The van der Waals surface area contributed by atoms with Crippen LogP contribution in [-0.4, -0.2) is 26.3 Å². The Hall–Kier alpha value is -2.05. The van der Waals surface area contributed by atoms with E-state index in [1.807, 2.05) is 4.68 Å². The molecule has 0 aromatic carbocycles. The molecule has 106 valence electrons. The Labute approximate surface area is 115 Å². The number of rotatable bonds is 5. The first-order valence-electron chi connectivity index (χ1n) is 6.55. The van der Waals surface area contributed by atoms with Gasteiger partial charge in [-0.2, -0.15) is 5.10 Å². The van der Waals surface area contributed by atoms with Crippen LogP contribution in [0.5, 0.6) is 0 Å². The Kier molecular flexibility index (Phi) is 3.58. The van der Waals surface area contributed by atoms with Crippen LogP contribution in [-0.2, 0) is 0 Å². The lowest BCUT2D eigenvalue weighted by Crippen LogP contribution is -2.32. The molecular formula is C13H15F2N5. The number of nitrogens with zero attached hydrogens (tertiary/aromatic N) is 4. The minimum atomic E-state index is -2.53. The first-order chi connectivity index (χ1) is 9.72. The lowest BCUT2D eigenvalue weighted by Gasteiger charge is -2.35. The SMILES string of the molecule is FC(F)c1cccc(NCC2CC(n3cncn3)C2)n1. The van der Waals surface area contributed by atoms with Crippen molar-refractivity contribution in [3.63, 3.8) is 0 Å². The zero-order valence-electron chi connectivity index (χ0n) is 10.8. The van der Waals surface area contributed by atoms with Gasteiger partial charge in [0.25, 0.3) is 6.43 Å². The van der Waals surface area contributed by atoms with E-state index in [9.17, 15) is 8.78 Å². The van der Waals surface area contributed by atoms with Gasteiger partial charge in [0.1, 0.15) is 24.2 Å². The molecule has 0 amide bonds. The number of halogens is 2. The molecule has 1 aliphatic carbocycles. The second kappa shape index (κ2) is 5.52. The summed E-state index contributed by atoms with van der Waals surface area (Å²) in [5, 5.41) is 7.23. The van der Waals surface area contributed by atoms with Gasteiger partial charge < -0.3 is 5.32 Å². The van der Waals surface area contributed by atoms with Crippen LogP contribution >= 0.6 is 0 Å². The number of anilines is 1. The molecule has 7 heteroatoms. The van der Waals surface area contributed by atoms with E-state index in [0.29, 0.717) is 17.8 Å². The summed E-state index contributed by atoms with van der Waals surface area (Å²) in [5.74, 6) is 1.02. The average Bonchev–Trinajstić information content (AvgIpc) is 2.91. The standard InChI is InChI=1S/C13H15F2N5/c14-13(15)11-2-1-3-12(19-11)17-6-9-4-10(5-9)20-8-16-7-18-20/h1-3,7-10,13H,4-6H2,(H,17,19). The van der Waals surface area contributed by atoms with Gasteiger partial charge in [-0.25, -0.2) is 23.4 Å². The van der Waals surface area contributed by atoms with Gasteiger partial charge in [0.2, 0.25) is 0 Å². The van der Waals surface area contributed by atoms with Crippen LogP contribution in [0, 0.1) is 5.92 Å². The topological polar surface area (TPSA) is 55.6 Å². The molecule has 1 aliphatic rings. The summed E-state index contributed by atoms with van der Waals surface area (Å²) in [7, 11) is 0. The van der Waals surface area contributed by atoms with Crippen LogP contribution < -0.4 is 5.32 Å². The third-order valence-electron chi connectivity index (χ3n) is 3.59. The summed E-state index contributed by atoms with van der Waals surface area (Å²) in [6, 6.07) is 5.04. The lowest BCUT2D eigenvalue weighted by atomic mass is 9.80. The third kappa shape index (κ3) is 2.76. The van der Waals surface area contributed by atoms with E-state index in [4.69, 9.17) is 0 Å². The number of pyridine rings is 1. The van der Waals surface area contributed by atoms with Crippen LogP contribution in [0.4, 0.5) is 14.6 Å². The van der Waals surface area contributed by atoms with Crippen molar-refractivity contribution in [1.82, 2.24) is 19.7 Å². The zero-order chi connectivity index (χ0) is 13.9. The highest BCUT2D eigenvalue weighted by atomic mass is 19.3. The van der Waals surface area contributed by atoms with Crippen molar-refractivity contribution in [2.24, 2.45) is 5.92 Å². The highest BCUT2D eigenvalue weighted by molar-refractivity contribution is 5.35. The molecule has 0 radical (unpaired) electrons. The van der Waals surface area contributed by atoms with Crippen molar-refractivity contribution >= 4 is 5.82 Å². The minimum absolute atomic E-state index is 0.191. The molecule has 0 spiro atoms. The Bertz CT molecular complexity index is 552. The van der Waals surface area contributed by atoms with E-state index in [0.717, 1.165) is 19.4 Å². The smallest absolute Gasteiger partial charge is 0.280 e. The maximum Gasteiger partial charge on any atom is 0.280 e. The Morgan fingerprint density at radius 2 is 2.20 bits per heavy atom.